The summed E-state index contributed by atoms with van der Waals surface area (Å²) >= 11 is 0. The maximum Gasteiger partial charge on any atom is 0.258 e. The van der Waals surface area contributed by atoms with Crippen molar-refractivity contribution in [3.05, 3.63) is 23.0 Å². The molecule has 2 aromatic heterocycles. The molecule has 0 bridgehead atoms. The molecule has 3 atom stereocenters. The normalized spacial score (nSPS) is 24.3. The largest absolute Gasteiger partial charge is 0.388 e. The number of aliphatic hydroxyl groups excluding tert-OH is 1. The molecule has 1 saturated carbocycles. The number of carbonyl (C=O) groups is 1. The van der Waals surface area contributed by atoms with Crippen molar-refractivity contribution in [1.29, 1.82) is 0 Å². The van der Waals surface area contributed by atoms with Crippen molar-refractivity contribution in [2.75, 3.05) is 14.2 Å². The van der Waals surface area contributed by atoms with Crippen LogP contribution in [0.25, 0.3) is 11.1 Å². The summed E-state index contributed by atoms with van der Waals surface area (Å²) in [6.07, 6.45) is 2.54. The highest BCUT2D eigenvalue weighted by Crippen LogP contribution is 2.28. The number of nitrogens with zero attached hydrogens (tertiary/aromatic N) is 3. The van der Waals surface area contributed by atoms with Gasteiger partial charge in [-0.05, 0) is 32.8 Å². The van der Waals surface area contributed by atoms with E-state index in [1.165, 1.54) is 0 Å². The van der Waals surface area contributed by atoms with Crippen molar-refractivity contribution < 1.29 is 19.2 Å². The Labute approximate surface area is 147 Å². The standard InChI is InChI=1S/C18H25N3O4/c1-10-9-12(15-11(2)20-25-17(15)19-10)18(23)21(3)13-7-5-6-8-14(24-4)16(13)22/h9,13-14,16,22H,5-8H2,1-4H3/t13-,14-,16-/m1/s1. The number of fused-ring (bicyclic) bond motifs is 1. The summed E-state index contributed by atoms with van der Waals surface area (Å²) in [4.78, 5) is 19.1. The maximum atomic E-state index is 13.2. The molecule has 1 aliphatic rings. The summed E-state index contributed by atoms with van der Waals surface area (Å²) in [6, 6.07) is 1.46. The zero-order valence-corrected chi connectivity index (χ0v) is 15.2. The van der Waals surface area contributed by atoms with Gasteiger partial charge in [-0.2, -0.15) is 0 Å². The average Bonchev–Trinajstić information content (AvgIpc) is 2.85. The number of rotatable bonds is 3. The van der Waals surface area contributed by atoms with Gasteiger partial charge in [0, 0.05) is 19.9 Å². The van der Waals surface area contributed by atoms with Crippen LogP contribution in [0.15, 0.2) is 10.6 Å². The van der Waals surface area contributed by atoms with E-state index in [9.17, 15) is 9.90 Å². The molecular formula is C18H25N3O4. The number of hydrogen-bond donors (Lipinski definition) is 1. The summed E-state index contributed by atoms with van der Waals surface area (Å²) < 4.78 is 10.6. The highest BCUT2D eigenvalue weighted by molar-refractivity contribution is 6.06. The van der Waals surface area contributed by atoms with Gasteiger partial charge in [-0.3, -0.25) is 4.79 Å². The van der Waals surface area contributed by atoms with Crippen LogP contribution in [0.2, 0.25) is 0 Å². The van der Waals surface area contributed by atoms with Crippen LogP contribution in [0.4, 0.5) is 0 Å². The first-order chi connectivity index (χ1) is 11.9. The summed E-state index contributed by atoms with van der Waals surface area (Å²) in [5.41, 5.74) is 2.20. The Morgan fingerprint density at radius 2 is 2.08 bits per heavy atom. The van der Waals surface area contributed by atoms with Crippen LogP contribution in [0.3, 0.4) is 0 Å². The second-order valence-corrected chi connectivity index (χ2v) is 6.79. The Hall–Kier alpha value is -1.99. The van der Waals surface area contributed by atoms with Gasteiger partial charge in [-0.1, -0.05) is 18.0 Å². The molecule has 25 heavy (non-hydrogen) atoms. The zero-order chi connectivity index (χ0) is 18.1. The number of methoxy groups -OCH3 is 1. The van der Waals surface area contributed by atoms with Gasteiger partial charge in [-0.15, -0.1) is 0 Å². The average molecular weight is 347 g/mol. The second kappa shape index (κ2) is 7.09. The predicted octanol–water partition coefficient (Wildman–Crippen LogP) is 2.23. The fourth-order valence-corrected chi connectivity index (χ4v) is 3.70. The van der Waals surface area contributed by atoms with Gasteiger partial charge >= 0.3 is 0 Å². The van der Waals surface area contributed by atoms with E-state index in [4.69, 9.17) is 9.26 Å². The first kappa shape index (κ1) is 17.8. The summed E-state index contributed by atoms with van der Waals surface area (Å²) in [7, 11) is 3.34. The van der Waals surface area contributed by atoms with E-state index in [1.54, 1.807) is 32.0 Å². The number of hydrogen-bond acceptors (Lipinski definition) is 6. The van der Waals surface area contributed by atoms with E-state index in [1.807, 2.05) is 6.92 Å². The van der Waals surface area contributed by atoms with Gasteiger partial charge in [-0.25, -0.2) is 4.98 Å². The molecule has 136 valence electrons. The Bertz CT molecular complexity index is 773. The molecule has 0 aliphatic heterocycles. The Morgan fingerprint density at radius 1 is 1.36 bits per heavy atom. The monoisotopic (exact) mass is 347 g/mol. The highest BCUT2D eigenvalue weighted by atomic mass is 16.5. The van der Waals surface area contributed by atoms with Crippen molar-refractivity contribution >= 4 is 17.0 Å². The van der Waals surface area contributed by atoms with Crippen LogP contribution >= 0.6 is 0 Å². The fourth-order valence-electron chi connectivity index (χ4n) is 3.70. The van der Waals surface area contributed by atoms with Crippen LogP contribution < -0.4 is 0 Å². The smallest absolute Gasteiger partial charge is 0.258 e. The van der Waals surface area contributed by atoms with Crippen LogP contribution in [0.1, 0.15) is 47.4 Å². The quantitative estimate of drug-likeness (QED) is 0.857. The highest BCUT2D eigenvalue weighted by Gasteiger charge is 2.35. The first-order valence-corrected chi connectivity index (χ1v) is 8.65. The minimum absolute atomic E-state index is 0.164. The number of aliphatic hydroxyl groups is 1. The third-order valence-corrected chi connectivity index (χ3v) is 5.11. The molecule has 0 saturated heterocycles. The molecule has 1 aliphatic carbocycles. The Morgan fingerprint density at radius 3 is 2.80 bits per heavy atom. The molecule has 7 heteroatoms. The van der Waals surface area contributed by atoms with Crippen molar-refractivity contribution in [3.8, 4) is 0 Å². The Balaban J connectivity index is 1.96. The number of aryl methyl sites for hydroxylation is 2. The SMILES string of the molecule is CO[C@@H]1CCCC[C@@H](N(C)C(=O)c2cc(C)nc3onc(C)c23)[C@H]1O. The van der Waals surface area contributed by atoms with Crippen molar-refractivity contribution in [2.45, 2.75) is 57.8 Å². The maximum absolute atomic E-state index is 13.2. The van der Waals surface area contributed by atoms with Crippen molar-refractivity contribution in [3.63, 3.8) is 0 Å². The molecule has 7 nitrogen and oxygen atoms in total. The van der Waals surface area contributed by atoms with Crippen LogP contribution in [0, 0.1) is 13.8 Å². The number of pyridine rings is 1. The number of likely N-dealkylation sites (N-methyl/N-ethyl adjacent to an activating group) is 1. The predicted molar refractivity (Wildman–Crippen MR) is 92.4 cm³/mol. The summed E-state index contributed by atoms with van der Waals surface area (Å²) in [6.45, 7) is 3.61. The number of amides is 1. The summed E-state index contributed by atoms with van der Waals surface area (Å²) in [5, 5.41) is 15.3. The van der Waals surface area contributed by atoms with Gasteiger partial charge in [0.25, 0.3) is 11.6 Å². The second-order valence-electron chi connectivity index (χ2n) is 6.79. The first-order valence-electron chi connectivity index (χ1n) is 8.65. The van der Waals surface area contributed by atoms with Crippen LogP contribution in [0.5, 0.6) is 0 Å². The number of carbonyl (C=O) groups excluding carboxylic acids is 1. The minimum Gasteiger partial charge on any atom is -0.388 e. The Kier molecular flexibility index (Phi) is 5.06. The zero-order valence-electron chi connectivity index (χ0n) is 15.2. The lowest BCUT2D eigenvalue weighted by atomic mass is 10.0. The lowest BCUT2D eigenvalue weighted by molar-refractivity contribution is -0.0462. The molecule has 1 amide bonds. The van der Waals surface area contributed by atoms with E-state index < -0.39 is 6.10 Å². The fraction of sp³-hybridized carbons (Fsp3) is 0.611. The molecule has 0 aromatic carbocycles. The minimum atomic E-state index is -0.705. The van der Waals surface area contributed by atoms with Crippen molar-refractivity contribution in [1.82, 2.24) is 15.0 Å². The van der Waals surface area contributed by atoms with Gasteiger partial charge in [0.15, 0.2) is 0 Å². The number of aromatic nitrogens is 2. The molecule has 0 radical (unpaired) electrons. The van der Waals surface area contributed by atoms with E-state index >= 15 is 0 Å². The molecule has 3 rings (SSSR count). The van der Waals surface area contributed by atoms with Gasteiger partial charge in [0.2, 0.25) is 0 Å². The molecule has 2 aromatic rings. The van der Waals surface area contributed by atoms with E-state index in [-0.39, 0.29) is 18.1 Å². The van der Waals surface area contributed by atoms with Crippen molar-refractivity contribution in [2.24, 2.45) is 0 Å². The number of ether oxygens (including phenoxy) is 1. The lowest BCUT2D eigenvalue weighted by Crippen LogP contribution is -2.49. The van der Waals surface area contributed by atoms with E-state index in [0.29, 0.717) is 28.1 Å². The topological polar surface area (TPSA) is 88.7 Å². The summed E-state index contributed by atoms with van der Waals surface area (Å²) in [5.74, 6) is -0.164. The van der Waals surface area contributed by atoms with Gasteiger partial charge in [0.05, 0.1) is 28.8 Å². The molecule has 0 unspecified atom stereocenters. The third-order valence-electron chi connectivity index (χ3n) is 5.11. The van der Waals surface area contributed by atoms with E-state index in [2.05, 4.69) is 10.1 Å². The molecule has 1 N–H and O–H groups in total. The van der Waals surface area contributed by atoms with Gasteiger partial charge < -0.3 is 19.3 Å². The molecule has 1 fully saturated rings. The van der Waals surface area contributed by atoms with E-state index in [0.717, 1.165) is 25.7 Å². The van der Waals surface area contributed by atoms with Gasteiger partial charge in [0.1, 0.15) is 6.10 Å². The van der Waals surface area contributed by atoms with Crippen LogP contribution in [-0.2, 0) is 4.74 Å². The molecule has 0 spiro atoms. The third kappa shape index (κ3) is 3.26. The molecular weight excluding hydrogens is 322 g/mol. The van der Waals surface area contributed by atoms with Crippen LogP contribution in [-0.4, -0.2) is 58.5 Å². The lowest BCUT2D eigenvalue weighted by Gasteiger charge is -2.33. The molecule has 2 heterocycles.